The maximum Gasteiger partial charge on any atom is 0.303 e. The Hall–Kier alpha value is -0.300. The molecule has 0 spiro atoms. The molecule has 3 nitrogen and oxygen atoms in total. The fraction of sp³-hybridized carbons (Fsp3) is 0.952. The standard InChI is InChI=1S/C21H43O3P/c1-3-5-7-9-11-14-18-25(24,20-16-13-17-21(22)23)19-15-12-10-8-6-4-2/h3-20H2,1-2H3,(H,22,23). The number of hydrogen-bond donors (Lipinski definition) is 1. The molecule has 0 aromatic carbocycles. The summed E-state index contributed by atoms with van der Waals surface area (Å²) < 4.78 is 13.3. The van der Waals surface area contributed by atoms with Crippen LogP contribution >= 0.6 is 7.14 Å². The zero-order valence-corrected chi connectivity index (χ0v) is 17.8. The molecule has 0 unspecified atom stereocenters. The summed E-state index contributed by atoms with van der Waals surface area (Å²) >= 11 is 0. The summed E-state index contributed by atoms with van der Waals surface area (Å²) in [6, 6.07) is 0. The van der Waals surface area contributed by atoms with Crippen molar-refractivity contribution in [1.82, 2.24) is 0 Å². The first-order chi connectivity index (χ1) is 12.0. The van der Waals surface area contributed by atoms with Crippen LogP contribution in [0.25, 0.3) is 0 Å². The third-order valence-corrected chi connectivity index (χ3v) is 8.44. The van der Waals surface area contributed by atoms with Crippen molar-refractivity contribution in [2.45, 2.75) is 110 Å². The van der Waals surface area contributed by atoms with E-state index >= 15 is 0 Å². The molecule has 0 bridgehead atoms. The highest BCUT2D eigenvalue weighted by Gasteiger charge is 2.20. The van der Waals surface area contributed by atoms with Crippen molar-refractivity contribution >= 4 is 13.1 Å². The summed E-state index contributed by atoms with van der Waals surface area (Å²) in [5, 5.41) is 8.76. The number of hydrogen-bond acceptors (Lipinski definition) is 2. The maximum atomic E-state index is 13.3. The highest BCUT2D eigenvalue weighted by atomic mass is 31.2. The van der Waals surface area contributed by atoms with E-state index in [2.05, 4.69) is 13.8 Å². The van der Waals surface area contributed by atoms with Crippen LogP contribution < -0.4 is 0 Å². The van der Waals surface area contributed by atoms with Crippen LogP contribution in [0.15, 0.2) is 0 Å². The van der Waals surface area contributed by atoms with Crippen molar-refractivity contribution in [2.75, 3.05) is 18.5 Å². The molecular formula is C21H43O3P. The lowest BCUT2D eigenvalue weighted by Crippen LogP contribution is -2.03. The van der Waals surface area contributed by atoms with E-state index in [1.165, 1.54) is 64.2 Å². The molecule has 0 aliphatic carbocycles. The van der Waals surface area contributed by atoms with Gasteiger partial charge in [-0.1, -0.05) is 78.1 Å². The van der Waals surface area contributed by atoms with Crippen LogP contribution in [0.3, 0.4) is 0 Å². The molecule has 0 fully saturated rings. The van der Waals surface area contributed by atoms with E-state index in [0.717, 1.165) is 37.7 Å². The van der Waals surface area contributed by atoms with Crippen LogP contribution in [0.1, 0.15) is 110 Å². The van der Waals surface area contributed by atoms with Gasteiger partial charge in [0.15, 0.2) is 0 Å². The van der Waals surface area contributed by atoms with Gasteiger partial charge in [0.2, 0.25) is 0 Å². The second kappa shape index (κ2) is 17.1. The molecule has 150 valence electrons. The van der Waals surface area contributed by atoms with Gasteiger partial charge in [-0.25, -0.2) is 0 Å². The summed E-state index contributed by atoms with van der Waals surface area (Å²) in [6.07, 6.45) is 19.1. The molecule has 0 saturated carbocycles. The van der Waals surface area contributed by atoms with Crippen LogP contribution in [0.2, 0.25) is 0 Å². The van der Waals surface area contributed by atoms with Gasteiger partial charge in [0.05, 0.1) is 7.14 Å². The number of carboxylic acids is 1. The third-order valence-electron chi connectivity index (χ3n) is 5.04. The third kappa shape index (κ3) is 16.9. The Labute approximate surface area is 156 Å². The molecule has 0 heterocycles. The summed E-state index contributed by atoms with van der Waals surface area (Å²) in [7, 11) is -2.08. The second-order valence-corrected chi connectivity index (χ2v) is 11.1. The zero-order chi connectivity index (χ0) is 18.8. The molecule has 0 amide bonds. The first kappa shape index (κ1) is 24.7. The Morgan fingerprint density at radius 2 is 1.00 bits per heavy atom. The number of carbonyl (C=O) groups is 1. The van der Waals surface area contributed by atoms with E-state index in [1.807, 2.05) is 0 Å². The van der Waals surface area contributed by atoms with E-state index in [9.17, 15) is 9.36 Å². The van der Waals surface area contributed by atoms with Crippen LogP contribution in [0, 0.1) is 0 Å². The Morgan fingerprint density at radius 1 is 0.640 bits per heavy atom. The molecule has 4 heteroatoms. The van der Waals surface area contributed by atoms with Gasteiger partial charge in [0.1, 0.15) is 0 Å². The van der Waals surface area contributed by atoms with Crippen LogP contribution in [-0.2, 0) is 9.36 Å². The van der Waals surface area contributed by atoms with Crippen LogP contribution in [0.5, 0.6) is 0 Å². The van der Waals surface area contributed by atoms with Crippen LogP contribution in [0.4, 0.5) is 0 Å². The van der Waals surface area contributed by atoms with E-state index in [-0.39, 0.29) is 6.42 Å². The predicted octanol–water partition coefficient (Wildman–Crippen LogP) is 7.33. The van der Waals surface area contributed by atoms with Gasteiger partial charge in [-0.05, 0) is 25.7 Å². The minimum absolute atomic E-state index is 0.216. The second-order valence-electron chi connectivity index (χ2n) is 7.62. The highest BCUT2D eigenvalue weighted by molar-refractivity contribution is 7.63. The van der Waals surface area contributed by atoms with Crippen molar-refractivity contribution in [3.63, 3.8) is 0 Å². The molecule has 0 saturated heterocycles. The van der Waals surface area contributed by atoms with Crippen molar-refractivity contribution in [3.8, 4) is 0 Å². The number of rotatable bonds is 19. The maximum absolute atomic E-state index is 13.3. The van der Waals surface area contributed by atoms with Gasteiger partial charge < -0.3 is 9.67 Å². The predicted molar refractivity (Wildman–Crippen MR) is 110 cm³/mol. The minimum atomic E-state index is -2.08. The van der Waals surface area contributed by atoms with Crippen molar-refractivity contribution in [2.24, 2.45) is 0 Å². The molecule has 0 rings (SSSR count). The van der Waals surface area contributed by atoms with Gasteiger partial charge in [0, 0.05) is 24.9 Å². The van der Waals surface area contributed by atoms with Crippen molar-refractivity contribution < 1.29 is 14.5 Å². The first-order valence-electron chi connectivity index (χ1n) is 10.8. The van der Waals surface area contributed by atoms with Gasteiger partial charge in [-0.15, -0.1) is 0 Å². The summed E-state index contributed by atoms with van der Waals surface area (Å²) in [6.45, 7) is 4.46. The van der Waals surface area contributed by atoms with Crippen molar-refractivity contribution in [3.05, 3.63) is 0 Å². The smallest absolute Gasteiger partial charge is 0.303 e. The summed E-state index contributed by atoms with van der Waals surface area (Å²) in [4.78, 5) is 10.6. The topological polar surface area (TPSA) is 54.4 Å². The van der Waals surface area contributed by atoms with E-state index < -0.39 is 13.1 Å². The average Bonchev–Trinajstić information content (AvgIpc) is 2.58. The molecule has 25 heavy (non-hydrogen) atoms. The molecule has 1 N–H and O–H groups in total. The molecular weight excluding hydrogens is 331 g/mol. The van der Waals surface area contributed by atoms with E-state index in [0.29, 0.717) is 6.42 Å². The largest absolute Gasteiger partial charge is 0.481 e. The zero-order valence-electron chi connectivity index (χ0n) is 16.9. The van der Waals surface area contributed by atoms with E-state index in [4.69, 9.17) is 5.11 Å². The summed E-state index contributed by atoms with van der Waals surface area (Å²) in [5.74, 6) is -0.735. The lowest BCUT2D eigenvalue weighted by atomic mass is 10.1. The van der Waals surface area contributed by atoms with Crippen LogP contribution in [-0.4, -0.2) is 29.6 Å². The van der Waals surface area contributed by atoms with Gasteiger partial charge >= 0.3 is 5.97 Å². The Kier molecular flexibility index (Phi) is 16.9. The number of aliphatic carboxylic acids is 1. The first-order valence-corrected chi connectivity index (χ1v) is 13.1. The van der Waals surface area contributed by atoms with Gasteiger partial charge in [0.25, 0.3) is 0 Å². The SMILES string of the molecule is CCCCCCCCP(=O)(CCCCCCCC)CCCCC(=O)O. The quantitative estimate of drug-likeness (QED) is 0.190. The number of carboxylic acid groups (broad SMARTS) is 1. The highest BCUT2D eigenvalue weighted by Crippen LogP contribution is 2.48. The molecule has 0 aromatic rings. The molecule has 0 aliphatic heterocycles. The molecule has 0 radical (unpaired) electrons. The van der Waals surface area contributed by atoms with Crippen molar-refractivity contribution in [1.29, 1.82) is 0 Å². The van der Waals surface area contributed by atoms with E-state index in [1.54, 1.807) is 0 Å². The number of unbranched alkanes of at least 4 members (excludes halogenated alkanes) is 11. The Bertz CT molecular complexity index is 335. The molecule has 0 aliphatic rings. The minimum Gasteiger partial charge on any atom is -0.481 e. The lowest BCUT2D eigenvalue weighted by molar-refractivity contribution is -0.137. The summed E-state index contributed by atoms with van der Waals surface area (Å²) in [5.41, 5.74) is 0. The fourth-order valence-corrected chi connectivity index (χ4v) is 6.44. The Balaban J connectivity index is 4.10. The molecule has 0 atom stereocenters. The molecule has 0 aromatic heterocycles. The van der Waals surface area contributed by atoms with Gasteiger partial charge in [-0.3, -0.25) is 4.79 Å². The fourth-order valence-electron chi connectivity index (χ4n) is 3.37. The normalized spacial score (nSPS) is 11.8. The van der Waals surface area contributed by atoms with Gasteiger partial charge in [-0.2, -0.15) is 0 Å². The Morgan fingerprint density at radius 3 is 1.40 bits per heavy atom. The lowest BCUT2D eigenvalue weighted by Gasteiger charge is -2.18. The monoisotopic (exact) mass is 374 g/mol. The average molecular weight is 375 g/mol.